The Morgan fingerprint density at radius 2 is 2.29 bits per heavy atom. The highest BCUT2D eigenvalue weighted by Gasteiger charge is 1.72. The SMILES string of the molecule is [Al][c]1ccccn1. The lowest BCUT2D eigenvalue weighted by Crippen LogP contribution is -2.04. The van der Waals surface area contributed by atoms with E-state index in [1.165, 1.54) is 0 Å². The first-order valence-electron chi connectivity index (χ1n) is 2.06. The van der Waals surface area contributed by atoms with E-state index in [-0.39, 0.29) is 0 Å². The van der Waals surface area contributed by atoms with Crippen LogP contribution in [0.5, 0.6) is 0 Å². The molecule has 0 bridgehead atoms. The molecule has 1 rings (SSSR count). The lowest BCUT2D eigenvalue weighted by Gasteiger charge is -1.83. The van der Waals surface area contributed by atoms with E-state index in [9.17, 15) is 0 Å². The average molecular weight is 105 g/mol. The van der Waals surface area contributed by atoms with Crippen molar-refractivity contribution in [2.24, 2.45) is 0 Å². The Bertz CT molecular complexity index is 138. The molecule has 0 fully saturated rings. The maximum atomic E-state index is 3.94. The van der Waals surface area contributed by atoms with Crippen molar-refractivity contribution in [3.63, 3.8) is 0 Å². The molecule has 1 aromatic heterocycles. The third-order valence-corrected chi connectivity index (χ3v) is 1.03. The zero-order valence-corrected chi connectivity index (χ0v) is 4.99. The van der Waals surface area contributed by atoms with Crippen LogP contribution < -0.4 is 4.56 Å². The number of aromatic nitrogens is 1. The second-order valence-corrected chi connectivity index (χ2v) is 1.85. The molecule has 0 aromatic carbocycles. The molecule has 0 spiro atoms. The zero-order chi connectivity index (χ0) is 5.11. The Morgan fingerprint density at radius 3 is 2.57 bits per heavy atom. The molecule has 1 heterocycles. The number of pyridine rings is 1. The first-order chi connectivity index (χ1) is 3.39. The summed E-state index contributed by atoms with van der Waals surface area (Å²) in [6.45, 7) is 0. The van der Waals surface area contributed by atoms with E-state index in [2.05, 4.69) is 21.3 Å². The molecule has 2 radical (unpaired) electrons. The molecule has 0 unspecified atom stereocenters. The fourth-order valence-electron chi connectivity index (χ4n) is 0.376. The minimum atomic E-state index is 0.988. The molecule has 2 heteroatoms. The standard InChI is InChI=1S/C5H4N.Al/c1-2-4-6-5-3-1;/h1-4H;. The molecule has 0 aliphatic carbocycles. The summed E-state index contributed by atoms with van der Waals surface area (Å²) in [7, 11) is 0. The van der Waals surface area contributed by atoms with Crippen LogP contribution in [0.25, 0.3) is 0 Å². The van der Waals surface area contributed by atoms with Gasteiger partial charge < -0.3 is 0 Å². The molecule has 32 valence electrons. The zero-order valence-electron chi connectivity index (χ0n) is 3.83. The fraction of sp³-hybridized carbons (Fsp3) is 0. The molecule has 0 amide bonds. The van der Waals surface area contributed by atoms with Gasteiger partial charge in [-0.05, 0) is 6.07 Å². The minimum absolute atomic E-state index is 0.988. The van der Waals surface area contributed by atoms with Crippen molar-refractivity contribution in [2.45, 2.75) is 0 Å². The Hall–Kier alpha value is -0.318. The summed E-state index contributed by atoms with van der Waals surface area (Å²) in [6.07, 6.45) is 1.77. The number of hydrogen-bond donors (Lipinski definition) is 0. The third kappa shape index (κ3) is 1.31. The van der Waals surface area contributed by atoms with Gasteiger partial charge in [-0.15, -0.1) is 0 Å². The lowest BCUT2D eigenvalue weighted by atomic mass is 10.5. The van der Waals surface area contributed by atoms with Crippen LogP contribution in [0.4, 0.5) is 0 Å². The van der Waals surface area contributed by atoms with Crippen LogP contribution in [-0.2, 0) is 0 Å². The molecular weight excluding hydrogens is 101 g/mol. The van der Waals surface area contributed by atoms with E-state index in [0.717, 1.165) is 4.56 Å². The van der Waals surface area contributed by atoms with E-state index in [1.54, 1.807) is 6.20 Å². The van der Waals surface area contributed by atoms with Crippen molar-refractivity contribution in [2.75, 3.05) is 0 Å². The van der Waals surface area contributed by atoms with E-state index >= 15 is 0 Å². The summed E-state index contributed by atoms with van der Waals surface area (Å²) in [4.78, 5) is 3.94. The third-order valence-electron chi connectivity index (χ3n) is 0.688. The summed E-state index contributed by atoms with van der Waals surface area (Å²) < 4.78 is 0.988. The van der Waals surface area contributed by atoms with Crippen LogP contribution in [-0.4, -0.2) is 21.3 Å². The van der Waals surface area contributed by atoms with Gasteiger partial charge in [0.1, 0.15) is 0 Å². The highest BCUT2D eigenvalue weighted by molar-refractivity contribution is 6.30. The van der Waals surface area contributed by atoms with Gasteiger partial charge in [-0.2, -0.15) is 0 Å². The molecule has 0 N–H and O–H groups in total. The quantitative estimate of drug-likeness (QED) is 0.419. The summed E-state index contributed by atoms with van der Waals surface area (Å²) in [5.41, 5.74) is 0. The van der Waals surface area contributed by atoms with Crippen LogP contribution in [0.3, 0.4) is 0 Å². The minimum Gasteiger partial charge on any atom is -0.282 e. The van der Waals surface area contributed by atoms with Gasteiger partial charge >= 0.3 is 0 Å². The highest BCUT2D eigenvalue weighted by Crippen LogP contribution is 1.70. The van der Waals surface area contributed by atoms with Crippen molar-refractivity contribution in [3.8, 4) is 0 Å². The number of hydrogen-bond acceptors (Lipinski definition) is 1. The molecular formula is C5H4AlN. The van der Waals surface area contributed by atoms with Crippen molar-refractivity contribution in [1.82, 2.24) is 4.98 Å². The molecule has 0 aliphatic heterocycles. The smallest absolute Gasteiger partial charge is 0.209 e. The lowest BCUT2D eigenvalue weighted by molar-refractivity contribution is 1.39. The van der Waals surface area contributed by atoms with Gasteiger partial charge in [0.15, 0.2) is 0 Å². The van der Waals surface area contributed by atoms with Crippen molar-refractivity contribution in [3.05, 3.63) is 24.4 Å². The molecule has 0 atom stereocenters. The van der Waals surface area contributed by atoms with Gasteiger partial charge in [-0.25, -0.2) is 0 Å². The van der Waals surface area contributed by atoms with E-state index in [4.69, 9.17) is 0 Å². The summed E-state index contributed by atoms with van der Waals surface area (Å²) in [5.74, 6) is 0. The van der Waals surface area contributed by atoms with Gasteiger partial charge in [0.05, 0.1) is 0 Å². The van der Waals surface area contributed by atoms with Crippen LogP contribution >= 0.6 is 0 Å². The summed E-state index contributed by atoms with van der Waals surface area (Å²) >= 11 is 2.52. The van der Waals surface area contributed by atoms with Crippen molar-refractivity contribution >= 4 is 20.8 Å². The Balaban J connectivity index is 3.02. The van der Waals surface area contributed by atoms with E-state index in [1.807, 2.05) is 18.2 Å². The molecule has 1 aromatic rings. The fourth-order valence-corrected chi connectivity index (χ4v) is 0.573. The largest absolute Gasteiger partial charge is 0.282 e. The Labute approximate surface area is 50.8 Å². The maximum absolute atomic E-state index is 3.94. The van der Waals surface area contributed by atoms with Crippen LogP contribution in [0.2, 0.25) is 0 Å². The predicted octanol–water partition coefficient (Wildman–Crippen LogP) is -0.125. The van der Waals surface area contributed by atoms with Crippen LogP contribution in [0.15, 0.2) is 24.4 Å². The van der Waals surface area contributed by atoms with Crippen molar-refractivity contribution in [1.29, 1.82) is 0 Å². The molecule has 7 heavy (non-hydrogen) atoms. The average Bonchev–Trinajstić information content (AvgIpc) is 1.69. The van der Waals surface area contributed by atoms with Gasteiger partial charge in [-0.3, -0.25) is 4.98 Å². The van der Waals surface area contributed by atoms with Gasteiger partial charge in [0, 0.05) is 6.20 Å². The normalized spacial score (nSPS) is 8.57. The summed E-state index contributed by atoms with van der Waals surface area (Å²) in [5, 5.41) is 0. The van der Waals surface area contributed by atoms with Crippen molar-refractivity contribution < 1.29 is 0 Å². The van der Waals surface area contributed by atoms with Gasteiger partial charge in [-0.1, -0.05) is 16.7 Å². The first kappa shape index (κ1) is 4.83. The molecule has 1 nitrogen and oxygen atoms in total. The topological polar surface area (TPSA) is 12.9 Å². The number of nitrogens with zero attached hydrogens (tertiary/aromatic N) is 1. The Kier molecular flexibility index (Phi) is 1.46. The molecule has 0 aliphatic rings. The molecule has 0 saturated carbocycles. The second kappa shape index (κ2) is 2.11. The van der Waals surface area contributed by atoms with E-state index < -0.39 is 0 Å². The Morgan fingerprint density at radius 1 is 1.43 bits per heavy atom. The van der Waals surface area contributed by atoms with Gasteiger partial charge in [0.2, 0.25) is 16.3 Å². The van der Waals surface area contributed by atoms with Crippen LogP contribution in [0, 0.1) is 0 Å². The molecule has 0 saturated heterocycles. The van der Waals surface area contributed by atoms with Crippen LogP contribution in [0.1, 0.15) is 0 Å². The maximum Gasteiger partial charge on any atom is 0.209 e. The monoisotopic (exact) mass is 105 g/mol. The van der Waals surface area contributed by atoms with Gasteiger partial charge in [0.25, 0.3) is 0 Å². The second-order valence-electron chi connectivity index (χ2n) is 1.25. The summed E-state index contributed by atoms with van der Waals surface area (Å²) in [6, 6.07) is 5.79. The predicted molar refractivity (Wildman–Crippen MR) is 29.6 cm³/mol. The highest BCUT2D eigenvalue weighted by atomic mass is 27.0. The van der Waals surface area contributed by atoms with E-state index in [0.29, 0.717) is 0 Å². The number of rotatable bonds is 0. The first-order valence-corrected chi connectivity index (χ1v) is 2.64.